The Morgan fingerprint density at radius 1 is 1.31 bits per heavy atom. The Kier molecular flexibility index (Phi) is 3.33. The molecule has 0 spiro atoms. The van der Waals surface area contributed by atoms with Gasteiger partial charge in [-0.25, -0.2) is 6.57 Å². The van der Waals surface area contributed by atoms with Gasteiger partial charge >= 0.3 is 0 Å². The zero-order valence-corrected chi connectivity index (χ0v) is 8.71. The standard InChI is InChI=1S/C11H20N2/c1-11(2,12)8-9-4-6-10(13-3)7-5-9/h9-10H,4-8,12H2,1-2H3. The molecular weight excluding hydrogens is 160 g/mol. The van der Waals surface area contributed by atoms with Crippen LogP contribution >= 0.6 is 0 Å². The summed E-state index contributed by atoms with van der Waals surface area (Å²) in [6.45, 7) is 11.1. The van der Waals surface area contributed by atoms with Crippen molar-refractivity contribution in [3.63, 3.8) is 0 Å². The summed E-state index contributed by atoms with van der Waals surface area (Å²) in [5.41, 5.74) is 5.94. The van der Waals surface area contributed by atoms with Gasteiger partial charge in [0.05, 0.1) is 0 Å². The third-order valence-corrected chi connectivity index (χ3v) is 2.81. The molecule has 1 fully saturated rings. The maximum Gasteiger partial charge on any atom is 0.223 e. The largest absolute Gasteiger partial charge is 0.326 e. The zero-order chi connectivity index (χ0) is 9.90. The van der Waals surface area contributed by atoms with Gasteiger partial charge in [-0.3, -0.25) is 0 Å². The molecule has 0 heterocycles. The summed E-state index contributed by atoms with van der Waals surface area (Å²) < 4.78 is 0. The van der Waals surface area contributed by atoms with E-state index in [1.54, 1.807) is 0 Å². The highest BCUT2D eigenvalue weighted by Gasteiger charge is 2.27. The van der Waals surface area contributed by atoms with E-state index in [0.717, 1.165) is 25.2 Å². The van der Waals surface area contributed by atoms with E-state index in [-0.39, 0.29) is 5.54 Å². The minimum atomic E-state index is -0.0321. The predicted molar refractivity (Wildman–Crippen MR) is 55.2 cm³/mol. The highest BCUT2D eigenvalue weighted by molar-refractivity contribution is 4.87. The Bertz CT molecular complexity index is 189. The lowest BCUT2D eigenvalue weighted by Crippen LogP contribution is -2.35. The SMILES string of the molecule is [C-]#[N+]C1CCC(CC(C)(C)N)CC1. The van der Waals surface area contributed by atoms with Gasteiger partial charge in [0.2, 0.25) is 6.04 Å². The molecule has 0 aromatic rings. The minimum absolute atomic E-state index is 0.0321. The molecule has 2 N–H and O–H groups in total. The average molecular weight is 180 g/mol. The summed E-state index contributed by atoms with van der Waals surface area (Å²) >= 11 is 0. The van der Waals surface area contributed by atoms with Crippen LogP contribution in [0.25, 0.3) is 4.85 Å². The molecule has 2 heteroatoms. The van der Waals surface area contributed by atoms with Crippen LogP contribution in [0.1, 0.15) is 46.0 Å². The van der Waals surface area contributed by atoms with Crippen molar-refractivity contribution < 1.29 is 0 Å². The topological polar surface area (TPSA) is 30.4 Å². The fourth-order valence-electron chi connectivity index (χ4n) is 2.22. The third kappa shape index (κ3) is 3.78. The van der Waals surface area contributed by atoms with E-state index in [9.17, 15) is 0 Å². The van der Waals surface area contributed by atoms with Crippen LogP contribution in [0.3, 0.4) is 0 Å². The molecule has 2 nitrogen and oxygen atoms in total. The summed E-state index contributed by atoms with van der Waals surface area (Å²) in [6, 6.07) is 0.303. The lowest BCUT2D eigenvalue weighted by atomic mass is 9.79. The number of hydrogen-bond donors (Lipinski definition) is 1. The summed E-state index contributed by atoms with van der Waals surface area (Å²) in [5.74, 6) is 0.762. The number of nitrogens with two attached hydrogens (primary N) is 1. The highest BCUT2D eigenvalue weighted by atomic mass is 14.7. The van der Waals surface area contributed by atoms with Crippen LogP contribution in [0, 0.1) is 12.5 Å². The number of rotatable bonds is 2. The monoisotopic (exact) mass is 180 g/mol. The van der Waals surface area contributed by atoms with Gasteiger partial charge in [-0.1, -0.05) is 0 Å². The Balaban J connectivity index is 2.30. The van der Waals surface area contributed by atoms with Crippen molar-refractivity contribution in [2.24, 2.45) is 11.7 Å². The first kappa shape index (κ1) is 10.5. The lowest BCUT2D eigenvalue weighted by molar-refractivity contribution is 0.276. The molecule has 0 aliphatic heterocycles. The second-order valence-corrected chi connectivity index (χ2v) is 5.00. The normalized spacial score (nSPS) is 29.7. The third-order valence-electron chi connectivity index (χ3n) is 2.81. The van der Waals surface area contributed by atoms with Gasteiger partial charge in [0, 0.05) is 18.4 Å². The molecule has 1 saturated carbocycles. The average Bonchev–Trinajstić information content (AvgIpc) is 2.03. The zero-order valence-electron chi connectivity index (χ0n) is 8.71. The van der Waals surface area contributed by atoms with Gasteiger partial charge in [-0.15, -0.1) is 0 Å². The van der Waals surface area contributed by atoms with Crippen LogP contribution in [0.4, 0.5) is 0 Å². The van der Waals surface area contributed by atoms with Crippen LogP contribution in [0.15, 0.2) is 0 Å². The molecule has 0 atom stereocenters. The summed E-state index contributed by atoms with van der Waals surface area (Å²) in [4.78, 5) is 3.60. The molecule has 0 aromatic carbocycles. The first-order valence-electron chi connectivity index (χ1n) is 5.17. The Hall–Kier alpha value is -0.550. The van der Waals surface area contributed by atoms with Gasteiger partial charge in [-0.2, -0.15) is 0 Å². The van der Waals surface area contributed by atoms with Crippen molar-refractivity contribution in [3.8, 4) is 0 Å². The van der Waals surface area contributed by atoms with E-state index in [1.807, 2.05) is 0 Å². The van der Waals surface area contributed by atoms with Crippen molar-refractivity contribution in [3.05, 3.63) is 11.4 Å². The Morgan fingerprint density at radius 3 is 2.23 bits per heavy atom. The van der Waals surface area contributed by atoms with Crippen molar-refractivity contribution >= 4 is 0 Å². The second kappa shape index (κ2) is 4.11. The van der Waals surface area contributed by atoms with E-state index >= 15 is 0 Å². The van der Waals surface area contributed by atoms with Gasteiger partial charge in [-0.05, 0) is 39.0 Å². The fourth-order valence-corrected chi connectivity index (χ4v) is 2.22. The van der Waals surface area contributed by atoms with Crippen LogP contribution in [0.2, 0.25) is 0 Å². The molecule has 0 amide bonds. The molecule has 74 valence electrons. The van der Waals surface area contributed by atoms with Gasteiger partial charge in [0.25, 0.3) is 0 Å². The summed E-state index contributed by atoms with van der Waals surface area (Å²) in [6.07, 6.45) is 5.69. The van der Waals surface area contributed by atoms with E-state index in [1.165, 1.54) is 12.8 Å². The molecular formula is C11H20N2. The van der Waals surface area contributed by atoms with Gasteiger partial charge in [0.15, 0.2) is 0 Å². The smallest absolute Gasteiger partial charge is 0.223 e. The fraction of sp³-hybridized carbons (Fsp3) is 0.909. The van der Waals surface area contributed by atoms with E-state index < -0.39 is 0 Å². The first-order chi connectivity index (χ1) is 6.01. The molecule has 0 radical (unpaired) electrons. The summed E-state index contributed by atoms with van der Waals surface area (Å²) in [5, 5.41) is 0. The molecule has 13 heavy (non-hydrogen) atoms. The van der Waals surface area contributed by atoms with Gasteiger partial charge in [0.1, 0.15) is 0 Å². The Labute approximate surface area is 81.3 Å². The number of hydrogen-bond acceptors (Lipinski definition) is 1. The maximum absolute atomic E-state index is 6.94. The minimum Gasteiger partial charge on any atom is -0.326 e. The lowest BCUT2D eigenvalue weighted by Gasteiger charge is -2.28. The van der Waals surface area contributed by atoms with E-state index in [2.05, 4.69) is 18.7 Å². The highest BCUT2D eigenvalue weighted by Crippen LogP contribution is 2.31. The predicted octanol–water partition coefficient (Wildman–Crippen LogP) is 2.59. The molecule has 0 unspecified atom stereocenters. The van der Waals surface area contributed by atoms with Crippen LogP contribution < -0.4 is 5.73 Å². The van der Waals surface area contributed by atoms with Crippen molar-refractivity contribution in [2.75, 3.05) is 0 Å². The van der Waals surface area contributed by atoms with Crippen LogP contribution in [0.5, 0.6) is 0 Å². The Morgan fingerprint density at radius 2 is 1.85 bits per heavy atom. The van der Waals surface area contributed by atoms with Crippen LogP contribution in [-0.2, 0) is 0 Å². The molecule has 1 aliphatic carbocycles. The van der Waals surface area contributed by atoms with E-state index in [0.29, 0.717) is 6.04 Å². The number of nitrogens with zero attached hydrogens (tertiary/aromatic N) is 1. The van der Waals surface area contributed by atoms with E-state index in [4.69, 9.17) is 12.3 Å². The molecule has 1 aliphatic rings. The molecule has 0 aromatic heterocycles. The molecule has 0 bridgehead atoms. The second-order valence-electron chi connectivity index (χ2n) is 5.00. The molecule has 1 rings (SSSR count). The van der Waals surface area contributed by atoms with Crippen LogP contribution in [-0.4, -0.2) is 11.6 Å². The maximum atomic E-state index is 6.94. The van der Waals surface area contributed by atoms with Gasteiger partial charge < -0.3 is 10.6 Å². The molecule has 0 saturated heterocycles. The first-order valence-corrected chi connectivity index (χ1v) is 5.17. The quantitative estimate of drug-likeness (QED) is 0.650. The van der Waals surface area contributed by atoms with Crippen molar-refractivity contribution in [1.29, 1.82) is 0 Å². The van der Waals surface area contributed by atoms with Crippen molar-refractivity contribution in [1.82, 2.24) is 0 Å². The van der Waals surface area contributed by atoms with Crippen molar-refractivity contribution in [2.45, 2.75) is 57.5 Å². The summed E-state index contributed by atoms with van der Waals surface area (Å²) in [7, 11) is 0.